The molecule has 0 saturated carbocycles. The fourth-order valence-electron chi connectivity index (χ4n) is 14.3. The lowest BCUT2D eigenvalue weighted by atomic mass is 9.95. The van der Waals surface area contributed by atoms with Gasteiger partial charge in [-0.15, -0.1) is 0 Å². The van der Waals surface area contributed by atoms with Crippen LogP contribution in [0.2, 0.25) is 0 Å². The first kappa shape index (κ1) is 80.0. The standard InChI is InChI=1S/C99H103N5O8/c1-9-13-21-73(11-3)69-102-96(92-93(99(102)106)97(103(98(92)105)70-74(12-4)22-14-10-2)83-49-35-77(36-50-83)29-30-78-39-53-88(54-40-78)104(86-23-17-15-18-24-86)87-25-19-16-20-26-87)82-47-33-76(34-48-82)28-27-75-31-45-81(46-32-75)91(94-71(5)67-84(100-94)51-37-79-41-55-89(56-42-79)111-65-63-109-61-59-107-7)95-72(6)68-85(101-95)52-38-80-43-57-90(58-44-80)112-66-64-110-62-60-108-8/h15-20,23-26,31-58,67-68,73-74,100H,9-14,21-22,59-66,69-70H2,1-8H3/b51-37+,52-38+,95-91-. The number of ether oxygens (including phenoxy) is 6. The van der Waals surface area contributed by atoms with Crippen LogP contribution in [0.4, 0.5) is 17.1 Å². The number of allylic oxidation sites excluding steroid dienone is 3. The predicted octanol–water partition coefficient (Wildman–Crippen LogP) is 21.0. The van der Waals surface area contributed by atoms with E-state index in [1.165, 1.54) is 0 Å². The maximum absolute atomic E-state index is 15.7. The van der Waals surface area contributed by atoms with Crippen LogP contribution in [-0.2, 0) is 28.5 Å². The van der Waals surface area contributed by atoms with Gasteiger partial charge in [-0.3, -0.25) is 9.59 Å². The van der Waals surface area contributed by atoms with Gasteiger partial charge in [0, 0.05) is 77.9 Å². The molecule has 13 heteroatoms. The number of methoxy groups -OCH3 is 2. The monoisotopic (exact) mass is 1490 g/mol. The summed E-state index contributed by atoms with van der Waals surface area (Å²) in [5.74, 6) is 15.5. The second-order valence-corrected chi connectivity index (χ2v) is 28.5. The second-order valence-electron chi connectivity index (χ2n) is 28.5. The molecule has 2 unspecified atom stereocenters. The highest BCUT2D eigenvalue weighted by Gasteiger charge is 2.49. The van der Waals surface area contributed by atoms with E-state index in [-0.39, 0.29) is 23.7 Å². The van der Waals surface area contributed by atoms with Gasteiger partial charge in [0.15, 0.2) is 0 Å². The Hall–Kier alpha value is -11.6. The van der Waals surface area contributed by atoms with Gasteiger partial charge in [0.25, 0.3) is 11.8 Å². The average molecular weight is 1490 g/mol. The summed E-state index contributed by atoms with van der Waals surface area (Å²) in [6.07, 6.45) is 18.5. The Morgan fingerprint density at radius 3 is 1.34 bits per heavy atom. The highest BCUT2D eigenvalue weighted by atomic mass is 16.5. The number of H-pyrrole nitrogens is 1. The minimum Gasteiger partial charge on any atom is -0.491 e. The molecule has 0 spiro atoms. The first-order valence-corrected chi connectivity index (χ1v) is 39.6. The predicted molar refractivity (Wildman–Crippen MR) is 456 cm³/mol. The largest absolute Gasteiger partial charge is 0.491 e. The van der Waals surface area contributed by atoms with E-state index in [2.05, 4.69) is 209 Å². The number of unbranched alkanes of at least 4 members (excludes halogenated alkanes) is 2. The smallest absolute Gasteiger partial charge is 0.261 e. The van der Waals surface area contributed by atoms with E-state index >= 15 is 9.59 Å². The molecule has 2 atom stereocenters. The van der Waals surface area contributed by atoms with E-state index in [9.17, 15) is 0 Å². The first-order valence-electron chi connectivity index (χ1n) is 39.6. The Labute approximate surface area is 662 Å². The lowest BCUT2D eigenvalue weighted by Crippen LogP contribution is -2.34. The molecule has 0 aliphatic carbocycles. The van der Waals surface area contributed by atoms with Gasteiger partial charge in [0.05, 0.1) is 79.3 Å². The number of nitrogens with one attached hydrogen (secondary N) is 1. The van der Waals surface area contributed by atoms with Crippen LogP contribution in [0.1, 0.15) is 153 Å². The number of carbonyl (C=O) groups excluding carboxylic acids is 2. The number of carbonyl (C=O) groups is 2. The molecule has 0 radical (unpaired) electrons. The summed E-state index contributed by atoms with van der Waals surface area (Å²) in [6, 6.07) is 71.9. The van der Waals surface area contributed by atoms with Crippen molar-refractivity contribution < 1.29 is 38.0 Å². The van der Waals surface area contributed by atoms with E-state index in [0.717, 1.165) is 170 Å². The summed E-state index contributed by atoms with van der Waals surface area (Å²) in [7, 11) is 3.32. The lowest BCUT2D eigenvalue weighted by Gasteiger charge is -2.29. The van der Waals surface area contributed by atoms with Crippen LogP contribution < -0.4 is 14.4 Å². The second kappa shape index (κ2) is 40.4. The average Bonchev–Trinajstić information content (AvgIpc) is 1.56. The zero-order valence-electron chi connectivity index (χ0n) is 66.0. The minimum atomic E-state index is -0.127. The summed E-state index contributed by atoms with van der Waals surface area (Å²) in [6.45, 7) is 18.1. The van der Waals surface area contributed by atoms with Crippen molar-refractivity contribution in [1.29, 1.82) is 0 Å². The van der Waals surface area contributed by atoms with Gasteiger partial charge >= 0.3 is 0 Å². The number of anilines is 3. The minimum absolute atomic E-state index is 0.127. The van der Waals surface area contributed by atoms with Crippen LogP contribution in [0.25, 0.3) is 35.2 Å². The number of para-hydroxylation sites is 2. The normalized spacial score (nSPS) is 14.4. The molecule has 0 fully saturated rings. The third-order valence-electron chi connectivity index (χ3n) is 20.5. The molecule has 4 heterocycles. The van der Waals surface area contributed by atoms with Crippen molar-refractivity contribution in [2.45, 2.75) is 92.9 Å². The molecule has 572 valence electrons. The van der Waals surface area contributed by atoms with Gasteiger partial charge in [-0.2, -0.15) is 0 Å². The van der Waals surface area contributed by atoms with Gasteiger partial charge in [0.1, 0.15) is 24.7 Å². The van der Waals surface area contributed by atoms with Crippen molar-refractivity contribution in [2.75, 3.05) is 85.1 Å². The Balaban J connectivity index is 0.827. The topological polar surface area (TPSA) is 127 Å². The Bertz CT molecular complexity index is 4970. The molecular weight excluding hydrogens is 1390 g/mol. The third-order valence-corrected chi connectivity index (χ3v) is 20.5. The molecule has 2 amide bonds. The van der Waals surface area contributed by atoms with Gasteiger partial charge in [-0.25, -0.2) is 4.99 Å². The number of benzene rings is 8. The summed E-state index contributed by atoms with van der Waals surface area (Å²) in [5.41, 5.74) is 20.2. The van der Waals surface area contributed by atoms with Crippen LogP contribution in [0.15, 0.2) is 252 Å². The summed E-state index contributed by atoms with van der Waals surface area (Å²) in [5, 5.41) is 0. The fourth-order valence-corrected chi connectivity index (χ4v) is 14.3. The number of aliphatic imine (C=N–C) groups is 1. The molecule has 1 N–H and O–H groups in total. The Morgan fingerprint density at radius 2 is 0.902 bits per heavy atom. The van der Waals surface area contributed by atoms with Crippen LogP contribution in [0.5, 0.6) is 11.5 Å². The van der Waals surface area contributed by atoms with Crippen LogP contribution in [-0.4, -0.2) is 112 Å². The molecule has 0 bridgehead atoms. The number of aryl methyl sites for hydroxylation is 1. The fraction of sp³-hybridized carbons (Fsp3) is 0.283. The van der Waals surface area contributed by atoms with Crippen LogP contribution in [0.3, 0.4) is 0 Å². The molecule has 9 aromatic rings. The zero-order valence-corrected chi connectivity index (χ0v) is 66.0. The number of nitrogens with zero attached hydrogens (tertiary/aromatic N) is 4. The van der Waals surface area contributed by atoms with E-state index in [1.54, 1.807) is 14.2 Å². The van der Waals surface area contributed by atoms with Crippen molar-refractivity contribution >= 4 is 69.8 Å². The molecule has 1 aromatic heterocycles. The van der Waals surface area contributed by atoms with E-state index in [4.69, 9.17) is 33.4 Å². The van der Waals surface area contributed by atoms with E-state index < -0.39 is 0 Å². The van der Waals surface area contributed by atoms with Gasteiger partial charge < -0.3 is 48.1 Å². The molecule has 12 rings (SSSR count). The summed E-state index contributed by atoms with van der Waals surface area (Å²) in [4.78, 5) is 46.5. The quantitative estimate of drug-likeness (QED) is 0.0299. The molecule has 13 nitrogen and oxygen atoms in total. The van der Waals surface area contributed by atoms with Crippen molar-refractivity contribution in [3.05, 3.63) is 314 Å². The highest BCUT2D eigenvalue weighted by Crippen LogP contribution is 2.48. The van der Waals surface area contributed by atoms with E-state index in [0.29, 0.717) is 88.5 Å². The number of aromatic nitrogens is 1. The molecule has 0 saturated heterocycles. The maximum atomic E-state index is 15.7. The van der Waals surface area contributed by atoms with Gasteiger partial charge in [-0.1, -0.05) is 199 Å². The maximum Gasteiger partial charge on any atom is 0.261 e. The molecule has 112 heavy (non-hydrogen) atoms. The number of rotatable bonds is 37. The van der Waals surface area contributed by atoms with E-state index in [1.807, 2.05) is 119 Å². The highest BCUT2D eigenvalue weighted by molar-refractivity contribution is 6.30. The Morgan fingerprint density at radius 1 is 0.482 bits per heavy atom. The molecular formula is C99H103N5O8. The number of fused-ring (bicyclic) bond motifs is 1. The molecule has 3 aliphatic heterocycles. The SMILES string of the molecule is CCCCC(CC)CN1C(=O)C2=C(c3ccc(C#Cc4ccc(N(c5ccccc5)c5ccccc5)cc4)cc3)N(CC(CC)CCCC)C(=O)C2=C1c1ccc(C#Cc2ccc(/C(=C3N=C(/C=C/c4ccc(OCCOCCOC)cc4)C=C/3C)c3[nH]c(/C=C/c4ccc(OCCOCCOC)cc4)cc3C)cc2)cc1. The van der Waals surface area contributed by atoms with Crippen LogP contribution >= 0.6 is 0 Å². The zero-order chi connectivity index (χ0) is 78.0. The van der Waals surface area contributed by atoms with Gasteiger partial charge in [-0.05, 0) is 211 Å². The number of hydrogen-bond acceptors (Lipinski definition) is 10. The summed E-state index contributed by atoms with van der Waals surface area (Å²) >= 11 is 0. The van der Waals surface area contributed by atoms with Crippen molar-refractivity contribution in [3.8, 4) is 35.2 Å². The lowest BCUT2D eigenvalue weighted by molar-refractivity contribution is -0.124. The van der Waals surface area contributed by atoms with Crippen molar-refractivity contribution in [1.82, 2.24) is 14.8 Å². The number of amides is 2. The number of hydrogen-bond donors (Lipinski definition) is 1. The first-order chi connectivity index (χ1) is 54.9. The van der Waals surface area contributed by atoms with Crippen LogP contribution in [0, 0.1) is 42.4 Å². The third kappa shape index (κ3) is 20.7. The molecule has 3 aliphatic rings. The Kier molecular flexibility index (Phi) is 28.9. The number of aromatic amines is 1. The van der Waals surface area contributed by atoms with Crippen molar-refractivity contribution in [2.24, 2.45) is 16.8 Å². The van der Waals surface area contributed by atoms with Gasteiger partial charge in [0.2, 0.25) is 0 Å². The van der Waals surface area contributed by atoms with Crippen molar-refractivity contribution in [3.63, 3.8) is 0 Å². The summed E-state index contributed by atoms with van der Waals surface area (Å²) < 4.78 is 33.1. The molecule has 8 aromatic carbocycles.